The zero-order valence-electron chi connectivity index (χ0n) is 10.0. The second-order valence-electron chi connectivity index (χ2n) is 4.07. The molecule has 1 aliphatic rings. The lowest BCUT2D eigenvalue weighted by Gasteiger charge is -2.28. The summed E-state index contributed by atoms with van der Waals surface area (Å²) in [6, 6.07) is 10.1. The Bertz CT molecular complexity index is 422. The van der Waals surface area contributed by atoms with E-state index in [1.807, 2.05) is 18.2 Å². The van der Waals surface area contributed by atoms with Crippen molar-refractivity contribution in [3.63, 3.8) is 0 Å². The van der Waals surface area contributed by atoms with Crippen LogP contribution in [-0.2, 0) is 4.79 Å². The monoisotopic (exact) mass is 263 g/mol. The van der Waals surface area contributed by atoms with Crippen molar-refractivity contribution < 1.29 is 4.79 Å². The number of hydrogen-bond acceptors (Lipinski definition) is 4. The molecular weight excluding hydrogens is 246 g/mol. The number of hydrogen-bond donors (Lipinski definition) is 3. The molecule has 1 heterocycles. The van der Waals surface area contributed by atoms with Crippen LogP contribution in [0.1, 0.15) is 12.0 Å². The van der Waals surface area contributed by atoms with E-state index in [1.165, 1.54) is 5.56 Å². The van der Waals surface area contributed by atoms with Gasteiger partial charge in [-0.3, -0.25) is 10.1 Å². The van der Waals surface area contributed by atoms with Crippen LogP contribution in [0.25, 0.3) is 6.08 Å². The number of carbonyl (C=O) groups excluding carboxylic acids is 1. The lowest BCUT2D eigenvalue weighted by atomic mass is 10.2. The van der Waals surface area contributed by atoms with Gasteiger partial charge in [-0.15, -0.1) is 11.8 Å². The van der Waals surface area contributed by atoms with Crippen molar-refractivity contribution in [1.82, 2.24) is 10.6 Å². The van der Waals surface area contributed by atoms with Gasteiger partial charge in [-0.05, 0) is 5.56 Å². The SMILES string of the molecule is NC1CC(=O)NC(SC/C=C/c2ccccc2)N1. The predicted molar refractivity (Wildman–Crippen MR) is 75.6 cm³/mol. The summed E-state index contributed by atoms with van der Waals surface area (Å²) in [6.07, 6.45) is 4.25. The van der Waals surface area contributed by atoms with Gasteiger partial charge in [-0.25, -0.2) is 0 Å². The molecule has 1 aliphatic heterocycles. The highest BCUT2D eigenvalue weighted by Crippen LogP contribution is 2.11. The maximum atomic E-state index is 11.3. The quantitative estimate of drug-likeness (QED) is 0.761. The third-order valence-corrected chi connectivity index (χ3v) is 3.50. The molecule has 2 rings (SSSR count). The van der Waals surface area contributed by atoms with Crippen molar-refractivity contribution in [1.29, 1.82) is 0 Å². The fourth-order valence-corrected chi connectivity index (χ4v) is 2.58. The molecule has 1 amide bonds. The normalized spacial score (nSPS) is 24.2. The number of nitrogens with two attached hydrogens (primary N) is 1. The Morgan fingerprint density at radius 3 is 2.89 bits per heavy atom. The maximum absolute atomic E-state index is 11.3. The van der Waals surface area contributed by atoms with Crippen molar-refractivity contribution in [3.8, 4) is 0 Å². The van der Waals surface area contributed by atoms with Gasteiger partial charge in [0.25, 0.3) is 0 Å². The third kappa shape index (κ3) is 4.18. The van der Waals surface area contributed by atoms with Crippen molar-refractivity contribution in [2.45, 2.75) is 18.1 Å². The number of amides is 1. The number of benzene rings is 1. The average molecular weight is 263 g/mol. The van der Waals surface area contributed by atoms with Crippen LogP contribution in [-0.4, -0.2) is 23.3 Å². The van der Waals surface area contributed by atoms with Gasteiger partial charge in [-0.1, -0.05) is 42.5 Å². The average Bonchev–Trinajstić information content (AvgIpc) is 2.35. The van der Waals surface area contributed by atoms with E-state index in [0.717, 1.165) is 5.75 Å². The summed E-state index contributed by atoms with van der Waals surface area (Å²) in [5.41, 5.74) is 6.79. The van der Waals surface area contributed by atoms with Crippen LogP contribution in [0.2, 0.25) is 0 Å². The van der Waals surface area contributed by atoms with Gasteiger partial charge in [0.1, 0.15) is 5.50 Å². The van der Waals surface area contributed by atoms with E-state index in [9.17, 15) is 4.79 Å². The van der Waals surface area contributed by atoms with E-state index in [4.69, 9.17) is 5.73 Å². The summed E-state index contributed by atoms with van der Waals surface area (Å²) in [6.45, 7) is 0. The van der Waals surface area contributed by atoms with Crippen LogP contribution in [0.4, 0.5) is 0 Å². The maximum Gasteiger partial charge on any atom is 0.224 e. The standard InChI is InChI=1S/C13H17N3OS/c14-11-9-12(17)16-13(15-11)18-8-4-7-10-5-2-1-3-6-10/h1-7,11,13,15H,8-9,14H2,(H,16,17)/b7-4+. The van der Waals surface area contributed by atoms with Gasteiger partial charge in [0.05, 0.1) is 12.6 Å². The zero-order chi connectivity index (χ0) is 12.8. The zero-order valence-corrected chi connectivity index (χ0v) is 10.8. The topological polar surface area (TPSA) is 67.2 Å². The van der Waals surface area contributed by atoms with Gasteiger partial charge in [0.2, 0.25) is 5.91 Å². The van der Waals surface area contributed by atoms with Crippen LogP contribution in [0, 0.1) is 0 Å². The van der Waals surface area contributed by atoms with E-state index in [-0.39, 0.29) is 17.6 Å². The summed E-state index contributed by atoms with van der Waals surface area (Å²) in [5, 5.41) is 5.96. The molecule has 5 heteroatoms. The van der Waals surface area contributed by atoms with E-state index in [1.54, 1.807) is 11.8 Å². The van der Waals surface area contributed by atoms with E-state index >= 15 is 0 Å². The molecule has 1 aromatic rings. The first-order chi connectivity index (χ1) is 8.74. The Hall–Kier alpha value is -1.30. The number of carbonyl (C=O) groups is 1. The lowest BCUT2D eigenvalue weighted by Crippen LogP contribution is -2.58. The summed E-state index contributed by atoms with van der Waals surface area (Å²) in [7, 11) is 0. The molecule has 0 spiro atoms. The largest absolute Gasteiger partial charge is 0.332 e. The van der Waals surface area contributed by atoms with Crippen LogP contribution < -0.4 is 16.4 Å². The van der Waals surface area contributed by atoms with Crippen molar-refractivity contribution in [2.75, 3.05) is 5.75 Å². The summed E-state index contributed by atoms with van der Waals surface area (Å²) in [5.74, 6) is 0.824. The molecule has 0 aromatic heterocycles. The second kappa shape index (κ2) is 6.58. The minimum atomic E-state index is -0.241. The van der Waals surface area contributed by atoms with Crippen LogP contribution in [0.5, 0.6) is 0 Å². The highest BCUT2D eigenvalue weighted by molar-refractivity contribution is 8.00. The summed E-state index contributed by atoms with van der Waals surface area (Å²) >= 11 is 1.61. The molecule has 18 heavy (non-hydrogen) atoms. The fourth-order valence-electron chi connectivity index (χ4n) is 1.69. The van der Waals surface area contributed by atoms with E-state index < -0.39 is 0 Å². The minimum Gasteiger partial charge on any atom is -0.332 e. The first-order valence-corrected chi connectivity index (χ1v) is 6.93. The molecule has 0 saturated carbocycles. The Balaban J connectivity index is 1.75. The first-order valence-electron chi connectivity index (χ1n) is 5.88. The lowest BCUT2D eigenvalue weighted by molar-refractivity contribution is -0.123. The molecule has 1 saturated heterocycles. The molecule has 0 aliphatic carbocycles. The molecule has 4 N–H and O–H groups in total. The molecule has 2 atom stereocenters. The molecule has 96 valence electrons. The predicted octanol–water partition coefficient (Wildman–Crippen LogP) is 1.11. The van der Waals surface area contributed by atoms with Gasteiger partial charge in [0.15, 0.2) is 0 Å². The Morgan fingerprint density at radius 2 is 2.17 bits per heavy atom. The van der Waals surface area contributed by atoms with Crippen molar-refractivity contribution >= 4 is 23.7 Å². The van der Waals surface area contributed by atoms with Crippen LogP contribution >= 0.6 is 11.8 Å². The molecule has 1 aromatic carbocycles. The molecular formula is C13H17N3OS. The van der Waals surface area contributed by atoms with Gasteiger partial charge < -0.3 is 11.1 Å². The van der Waals surface area contributed by atoms with Gasteiger partial charge >= 0.3 is 0 Å². The third-order valence-electron chi connectivity index (χ3n) is 2.53. The number of nitrogens with one attached hydrogen (secondary N) is 2. The van der Waals surface area contributed by atoms with Gasteiger partial charge in [0, 0.05) is 5.75 Å². The molecule has 2 unspecified atom stereocenters. The number of thioether (sulfide) groups is 1. The fraction of sp³-hybridized carbons (Fsp3) is 0.308. The van der Waals surface area contributed by atoms with E-state index in [0.29, 0.717) is 6.42 Å². The van der Waals surface area contributed by atoms with Crippen LogP contribution in [0.15, 0.2) is 36.4 Å². The molecule has 4 nitrogen and oxygen atoms in total. The van der Waals surface area contributed by atoms with Gasteiger partial charge in [-0.2, -0.15) is 0 Å². The minimum absolute atomic E-state index is 0.00536. The van der Waals surface area contributed by atoms with Crippen molar-refractivity contribution in [2.24, 2.45) is 5.73 Å². The first kappa shape index (κ1) is 13.1. The number of rotatable bonds is 4. The Morgan fingerprint density at radius 1 is 1.39 bits per heavy atom. The highest BCUT2D eigenvalue weighted by atomic mass is 32.2. The summed E-state index contributed by atoms with van der Waals surface area (Å²) in [4.78, 5) is 11.3. The molecule has 0 bridgehead atoms. The van der Waals surface area contributed by atoms with Crippen LogP contribution in [0.3, 0.4) is 0 Å². The molecule has 1 fully saturated rings. The van der Waals surface area contributed by atoms with E-state index in [2.05, 4.69) is 34.9 Å². The summed E-state index contributed by atoms with van der Waals surface area (Å²) < 4.78 is 0. The Kier molecular flexibility index (Phi) is 4.81. The molecule has 0 radical (unpaired) electrons. The smallest absolute Gasteiger partial charge is 0.224 e. The highest BCUT2D eigenvalue weighted by Gasteiger charge is 2.22. The second-order valence-corrected chi connectivity index (χ2v) is 5.21. The Labute approximate surface area is 111 Å². The van der Waals surface area contributed by atoms with Crippen molar-refractivity contribution in [3.05, 3.63) is 42.0 Å².